The van der Waals surface area contributed by atoms with Crippen molar-refractivity contribution in [3.8, 4) is 0 Å². The summed E-state index contributed by atoms with van der Waals surface area (Å²) in [5.41, 5.74) is 0.952. The molecule has 110 valence electrons. The number of hydrogen-bond acceptors (Lipinski definition) is 2. The molecule has 2 aromatic rings. The monoisotopic (exact) mass is 304 g/mol. The van der Waals surface area contributed by atoms with E-state index in [1.165, 1.54) is 6.07 Å². The molecule has 0 aliphatic heterocycles. The van der Waals surface area contributed by atoms with E-state index in [2.05, 4.69) is 4.98 Å². The fourth-order valence-corrected chi connectivity index (χ4v) is 2.26. The van der Waals surface area contributed by atoms with Gasteiger partial charge in [0.25, 0.3) is 5.91 Å². The van der Waals surface area contributed by atoms with Crippen molar-refractivity contribution in [3.05, 3.63) is 69.1 Å². The van der Waals surface area contributed by atoms with Crippen LogP contribution in [0.4, 0.5) is 0 Å². The van der Waals surface area contributed by atoms with E-state index in [0.29, 0.717) is 17.3 Å². The highest BCUT2D eigenvalue weighted by molar-refractivity contribution is 6.30. The van der Waals surface area contributed by atoms with Gasteiger partial charge in [-0.3, -0.25) is 9.59 Å². The van der Waals surface area contributed by atoms with Gasteiger partial charge >= 0.3 is 0 Å². The van der Waals surface area contributed by atoms with Gasteiger partial charge in [-0.25, -0.2) is 0 Å². The number of amides is 1. The van der Waals surface area contributed by atoms with E-state index in [0.717, 1.165) is 5.56 Å². The second-order valence-electron chi connectivity index (χ2n) is 5.09. The molecule has 0 bridgehead atoms. The molecule has 1 amide bonds. The Balaban J connectivity index is 2.27. The number of aromatic amines is 1. The standard InChI is InChI=1S/C16H17ClN2O2/c1-11(2)19(10-12-5-3-6-13(17)9-12)16(21)14-7-4-8-15(20)18-14/h3-9,11H,10H2,1-2H3,(H,18,20). The molecule has 4 nitrogen and oxygen atoms in total. The average Bonchev–Trinajstić information content (AvgIpc) is 2.44. The molecule has 2 rings (SSSR count). The summed E-state index contributed by atoms with van der Waals surface area (Å²) in [6, 6.07) is 12.0. The maximum Gasteiger partial charge on any atom is 0.270 e. The molecule has 0 saturated carbocycles. The van der Waals surface area contributed by atoms with Gasteiger partial charge in [-0.2, -0.15) is 0 Å². The van der Waals surface area contributed by atoms with Crippen molar-refractivity contribution < 1.29 is 4.79 Å². The number of H-pyrrole nitrogens is 1. The third-order valence-electron chi connectivity index (χ3n) is 3.12. The van der Waals surface area contributed by atoms with Crippen LogP contribution in [0.25, 0.3) is 0 Å². The number of pyridine rings is 1. The van der Waals surface area contributed by atoms with E-state index in [4.69, 9.17) is 11.6 Å². The Bertz CT molecular complexity index is 694. The predicted molar refractivity (Wildman–Crippen MR) is 83.5 cm³/mol. The highest BCUT2D eigenvalue weighted by atomic mass is 35.5. The van der Waals surface area contributed by atoms with E-state index in [1.54, 1.807) is 23.1 Å². The van der Waals surface area contributed by atoms with Crippen LogP contribution in [0.2, 0.25) is 5.02 Å². The summed E-state index contributed by atoms with van der Waals surface area (Å²) in [5.74, 6) is -0.206. The average molecular weight is 305 g/mol. The maximum absolute atomic E-state index is 12.6. The van der Waals surface area contributed by atoms with Gasteiger partial charge < -0.3 is 9.88 Å². The largest absolute Gasteiger partial charge is 0.331 e. The highest BCUT2D eigenvalue weighted by Crippen LogP contribution is 2.15. The number of aromatic nitrogens is 1. The maximum atomic E-state index is 12.6. The molecule has 1 aromatic carbocycles. The van der Waals surface area contributed by atoms with Gasteiger partial charge in [0.05, 0.1) is 0 Å². The molecule has 0 atom stereocenters. The number of halogens is 1. The molecule has 0 aliphatic rings. The molecule has 5 heteroatoms. The molecule has 1 heterocycles. The number of nitrogens with zero attached hydrogens (tertiary/aromatic N) is 1. The van der Waals surface area contributed by atoms with Crippen LogP contribution < -0.4 is 5.56 Å². The normalized spacial score (nSPS) is 10.7. The van der Waals surface area contributed by atoms with Gasteiger partial charge in [-0.05, 0) is 37.6 Å². The zero-order valence-corrected chi connectivity index (χ0v) is 12.7. The van der Waals surface area contributed by atoms with Crippen molar-refractivity contribution in [1.29, 1.82) is 0 Å². The molecular weight excluding hydrogens is 288 g/mol. The Morgan fingerprint density at radius 2 is 1.95 bits per heavy atom. The van der Waals surface area contributed by atoms with Crippen LogP contribution in [-0.4, -0.2) is 21.8 Å². The van der Waals surface area contributed by atoms with E-state index in [9.17, 15) is 9.59 Å². The predicted octanol–water partition coefficient (Wildman–Crippen LogP) is 3.08. The quantitative estimate of drug-likeness (QED) is 0.943. The van der Waals surface area contributed by atoms with E-state index in [-0.39, 0.29) is 17.5 Å². The molecule has 0 saturated heterocycles. The topological polar surface area (TPSA) is 53.2 Å². The third-order valence-corrected chi connectivity index (χ3v) is 3.36. The molecule has 0 spiro atoms. The van der Waals surface area contributed by atoms with Gasteiger partial charge in [0.1, 0.15) is 5.69 Å². The molecule has 0 unspecified atom stereocenters. The minimum Gasteiger partial charge on any atom is -0.331 e. The lowest BCUT2D eigenvalue weighted by Gasteiger charge is -2.26. The molecular formula is C16H17ClN2O2. The third kappa shape index (κ3) is 3.95. The summed E-state index contributed by atoms with van der Waals surface area (Å²) in [6.07, 6.45) is 0. The smallest absolute Gasteiger partial charge is 0.270 e. The molecule has 0 aliphatic carbocycles. The molecule has 1 N–H and O–H groups in total. The first kappa shape index (κ1) is 15.3. The van der Waals surface area contributed by atoms with E-state index in [1.807, 2.05) is 32.0 Å². The molecule has 0 fully saturated rings. The summed E-state index contributed by atoms with van der Waals surface area (Å²) in [7, 11) is 0. The second-order valence-corrected chi connectivity index (χ2v) is 5.52. The van der Waals surface area contributed by atoms with Crippen LogP contribution in [0.15, 0.2) is 47.3 Å². The fraction of sp³-hybridized carbons (Fsp3) is 0.250. The fourth-order valence-electron chi connectivity index (χ4n) is 2.05. The van der Waals surface area contributed by atoms with Gasteiger partial charge in [0.15, 0.2) is 0 Å². The lowest BCUT2D eigenvalue weighted by Crippen LogP contribution is -2.37. The van der Waals surface area contributed by atoms with Crippen LogP contribution in [0.3, 0.4) is 0 Å². The first-order chi connectivity index (χ1) is 9.97. The number of carbonyl (C=O) groups is 1. The van der Waals surface area contributed by atoms with Crippen LogP contribution in [-0.2, 0) is 6.54 Å². The number of rotatable bonds is 4. The van der Waals surface area contributed by atoms with Gasteiger partial charge in [0, 0.05) is 23.7 Å². The van der Waals surface area contributed by atoms with E-state index >= 15 is 0 Å². The van der Waals surface area contributed by atoms with Gasteiger partial charge in [0.2, 0.25) is 5.56 Å². The molecule has 0 radical (unpaired) electrons. The Morgan fingerprint density at radius 3 is 2.57 bits per heavy atom. The SMILES string of the molecule is CC(C)N(Cc1cccc(Cl)c1)C(=O)c1cccc(=O)[nH]1. The number of carbonyl (C=O) groups excluding carboxylic acids is 1. The lowest BCUT2D eigenvalue weighted by atomic mass is 10.1. The Kier molecular flexibility index (Phi) is 4.81. The van der Waals surface area contributed by atoms with Crippen LogP contribution >= 0.6 is 11.6 Å². The minimum absolute atomic E-state index is 0.000176. The summed E-state index contributed by atoms with van der Waals surface area (Å²) in [4.78, 5) is 28.2. The minimum atomic E-state index is -0.285. The summed E-state index contributed by atoms with van der Waals surface area (Å²) >= 11 is 5.97. The Labute approximate surface area is 128 Å². The summed E-state index contributed by atoms with van der Waals surface area (Å²) in [5, 5.41) is 0.636. The van der Waals surface area contributed by atoms with E-state index < -0.39 is 0 Å². The number of hydrogen-bond donors (Lipinski definition) is 1. The Hall–Kier alpha value is -2.07. The van der Waals surface area contributed by atoms with Crippen molar-refractivity contribution in [3.63, 3.8) is 0 Å². The zero-order valence-electron chi connectivity index (χ0n) is 12.0. The zero-order chi connectivity index (χ0) is 15.4. The first-order valence-corrected chi connectivity index (χ1v) is 7.10. The lowest BCUT2D eigenvalue weighted by molar-refractivity contribution is 0.0684. The second kappa shape index (κ2) is 6.59. The van der Waals surface area contributed by atoms with Crippen molar-refractivity contribution in [2.45, 2.75) is 26.4 Å². The number of benzene rings is 1. The van der Waals surface area contributed by atoms with Gasteiger partial charge in [-0.1, -0.05) is 29.8 Å². The van der Waals surface area contributed by atoms with Crippen molar-refractivity contribution in [1.82, 2.24) is 9.88 Å². The summed E-state index contributed by atoms with van der Waals surface area (Å²) < 4.78 is 0. The summed E-state index contributed by atoms with van der Waals surface area (Å²) in [6.45, 7) is 4.31. The molecule has 21 heavy (non-hydrogen) atoms. The number of nitrogens with one attached hydrogen (secondary N) is 1. The molecule has 1 aromatic heterocycles. The van der Waals surface area contributed by atoms with Crippen molar-refractivity contribution >= 4 is 17.5 Å². The van der Waals surface area contributed by atoms with Crippen molar-refractivity contribution in [2.24, 2.45) is 0 Å². The van der Waals surface area contributed by atoms with Crippen LogP contribution in [0, 0.1) is 0 Å². The first-order valence-electron chi connectivity index (χ1n) is 6.72. The van der Waals surface area contributed by atoms with Crippen LogP contribution in [0.5, 0.6) is 0 Å². The van der Waals surface area contributed by atoms with Crippen molar-refractivity contribution in [2.75, 3.05) is 0 Å². The van der Waals surface area contributed by atoms with Gasteiger partial charge in [-0.15, -0.1) is 0 Å². The Morgan fingerprint density at radius 1 is 1.24 bits per heavy atom. The highest BCUT2D eigenvalue weighted by Gasteiger charge is 2.19. The van der Waals surface area contributed by atoms with Crippen LogP contribution in [0.1, 0.15) is 29.9 Å².